The zero-order valence-electron chi connectivity index (χ0n) is 13.6. The third kappa shape index (κ3) is 4.08. The van der Waals surface area contributed by atoms with Gasteiger partial charge in [0.1, 0.15) is 0 Å². The Hall–Kier alpha value is -1.04. The quantitative estimate of drug-likeness (QED) is 0.482. The summed E-state index contributed by atoms with van der Waals surface area (Å²) in [6, 6.07) is 8.93. The lowest BCUT2D eigenvalue weighted by Gasteiger charge is -2.49. The number of nitrogens with zero attached hydrogens (tertiary/aromatic N) is 1. The van der Waals surface area contributed by atoms with Crippen molar-refractivity contribution in [3.05, 3.63) is 36.9 Å². The first kappa shape index (κ1) is 16.8. The summed E-state index contributed by atoms with van der Waals surface area (Å²) in [6.45, 7) is 7.30. The van der Waals surface area contributed by atoms with E-state index in [1.807, 2.05) is 0 Å². The fourth-order valence-electron chi connectivity index (χ4n) is 3.75. The molecule has 0 amide bonds. The maximum Gasteiger partial charge on any atom is 0.170 e. The Morgan fingerprint density at radius 1 is 1.52 bits per heavy atom. The van der Waals surface area contributed by atoms with Gasteiger partial charge in [-0.15, -0.1) is 18.3 Å². The zero-order valence-corrected chi connectivity index (χ0v) is 15.3. The number of hydrogen-bond acceptors (Lipinski definition) is 3. The third-order valence-electron chi connectivity index (χ3n) is 5.06. The van der Waals surface area contributed by atoms with E-state index in [-0.39, 0.29) is 0 Å². The Labute approximate surface area is 148 Å². The van der Waals surface area contributed by atoms with E-state index in [9.17, 15) is 0 Å². The number of nitrogens with one attached hydrogen (secondary N) is 2. The van der Waals surface area contributed by atoms with Gasteiger partial charge in [-0.05, 0) is 67.9 Å². The van der Waals surface area contributed by atoms with Crippen molar-refractivity contribution < 1.29 is 0 Å². The van der Waals surface area contributed by atoms with Crippen LogP contribution in [0.2, 0.25) is 0 Å². The Balaban J connectivity index is 1.49. The van der Waals surface area contributed by atoms with Crippen LogP contribution in [0.1, 0.15) is 12.8 Å². The van der Waals surface area contributed by atoms with Gasteiger partial charge in [0.25, 0.3) is 0 Å². The number of thiocarbonyl (C=S) groups is 1. The fourth-order valence-corrected chi connectivity index (χ4v) is 4.41. The van der Waals surface area contributed by atoms with Crippen LogP contribution in [0.3, 0.4) is 0 Å². The van der Waals surface area contributed by atoms with Crippen molar-refractivity contribution in [2.75, 3.05) is 31.2 Å². The van der Waals surface area contributed by atoms with Gasteiger partial charge in [0, 0.05) is 29.7 Å². The molecule has 1 aromatic rings. The van der Waals surface area contributed by atoms with Gasteiger partial charge in [-0.1, -0.05) is 12.1 Å². The molecule has 0 saturated carbocycles. The van der Waals surface area contributed by atoms with Gasteiger partial charge in [0.05, 0.1) is 0 Å². The molecule has 0 radical (unpaired) electrons. The average molecular weight is 348 g/mol. The topological polar surface area (TPSA) is 27.3 Å². The molecule has 2 bridgehead atoms. The number of piperidine rings is 3. The summed E-state index contributed by atoms with van der Waals surface area (Å²) in [5.74, 6) is 1.49. The minimum absolute atomic E-state index is 0.599. The summed E-state index contributed by atoms with van der Waals surface area (Å²) in [4.78, 5) is 3.83. The molecule has 1 unspecified atom stereocenters. The summed E-state index contributed by atoms with van der Waals surface area (Å²) >= 11 is 7.19. The highest BCUT2D eigenvalue weighted by atomic mass is 32.2. The second kappa shape index (κ2) is 7.69. The predicted molar refractivity (Wildman–Crippen MR) is 104 cm³/mol. The van der Waals surface area contributed by atoms with E-state index in [1.54, 1.807) is 11.8 Å². The number of anilines is 1. The van der Waals surface area contributed by atoms with E-state index in [1.165, 1.54) is 24.3 Å². The van der Waals surface area contributed by atoms with Crippen molar-refractivity contribution in [3.8, 4) is 0 Å². The second-order valence-electron chi connectivity index (χ2n) is 6.40. The normalized spacial score (nSPS) is 29.1. The Kier molecular flexibility index (Phi) is 5.62. The van der Waals surface area contributed by atoms with Gasteiger partial charge in [0.15, 0.2) is 5.11 Å². The highest BCUT2D eigenvalue weighted by molar-refractivity contribution is 7.98. The molecule has 0 aromatic heterocycles. The number of hydrogen-bond donors (Lipinski definition) is 2. The molecule has 3 saturated heterocycles. The SMILES string of the molecule is C=C[C@H]1CN2CC[C@H]1C[C@@H]2CNC(=S)Nc1cccc(SC)c1. The first-order valence-corrected chi connectivity index (χ1v) is 9.88. The molecule has 124 valence electrons. The zero-order chi connectivity index (χ0) is 16.2. The van der Waals surface area contributed by atoms with E-state index >= 15 is 0 Å². The molecule has 4 rings (SSSR count). The van der Waals surface area contributed by atoms with Crippen molar-refractivity contribution in [2.24, 2.45) is 11.8 Å². The van der Waals surface area contributed by atoms with E-state index in [0.29, 0.717) is 17.1 Å². The summed E-state index contributed by atoms with van der Waals surface area (Å²) in [5, 5.41) is 7.41. The second-order valence-corrected chi connectivity index (χ2v) is 7.69. The van der Waals surface area contributed by atoms with Crippen LogP contribution in [0.4, 0.5) is 5.69 Å². The molecule has 3 heterocycles. The molecule has 1 aromatic carbocycles. The highest BCUT2D eigenvalue weighted by Crippen LogP contribution is 2.36. The molecule has 5 heteroatoms. The average Bonchev–Trinajstić information content (AvgIpc) is 2.60. The van der Waals surface area contributed by atoms with Crippen LogP contribution in [0, 0.1) is 11.8 Å². The van der Waals surface area contributed by atoms with Crippen molar-refractivity contribution in [3.63, 3.8) is 0 Å². The molecule has 3 nitrogen and oxygen atoms in total. The predicted octanol–water partition coefficient (Wildman–Crippen LogP) is 3.59. The molecule has 2 N–H and O–H groups in total. The molecular weight excluding hydrogens is 322 g/mol. The van der Waals surface area contributed by atoms with Crippen LogP contribution in [-0.2, 0) is 0 Å². The molecule has 3 aliphatic rings. The van der Waals surface area contributed by atoms with E-state index in [2.05, 4.69) is 58.7 Å². The lowest BCUT2D eigenvalue weighted by atomic mass is 9.76. The largest absolute Gasteiger partial charge is 0.361 e. The molecule has 0 aliphatic carbocycles. The first-order valence-electron chi connectivity index (χ1n) is 8.25. The van der Waals surface area contributed by atoms with Crippen molar-refractivity contribution in [2.45, 2.75) is 23.8 Å². The molecule has 3 aliphatic heterocycles. The monoisotopic (exact) mass is 347 g/mol. The molecule has 3 fully saturated rings. The number of benzene rings is 1. The van der Waals surface area contributed by atoms with E-state index in [4.69, 9.17) is 12.2 Å². The van der Waals surface area contributed by atoms with E-state index in [0.717, 1.165) is 24.7 Å². The lowest BCUT2D eigenvalue weighted by molar-refractivity contribution is 0.0215. The molecule has 4 atom stereocenters. The van der Waals surface area contributed by atoms with Crippen LogP contribution < -0.4 is 10.6 Å². The highest BCUT2D eigenvalue weighted by Gasteiger charge is 2.38. The Morgan fingerprint density at radius 2 is 2.39 bits per heavy atom. The van der Waals surface area contributed by atoms with Crippen molar-refractivity contribution >= 4 is 34.8 Å². The van der Waals surface area contributed by atoms with Crippen molar-refractivity contribution in [1.29, 1.82) is 0 Å². The number of thioether (sulfide) groups is 1. The molecule has 0 spiro atoms. The summed E-state index contributed by atoms with van der Waals surface area (Å²) in [7, 11) is 0. The van der Waals surface area contributed by atoms with Gasteiger partial charge < -0.3 is 10.6 Å². The van der Waals surface area contributed by atoms with Crippen molar-refractivity contribution in [1.82, 2.24) is 10.2 Å². The minimum Gasteiger partial charge on any atom is -0.361 e. The summed E-state index contributed by atoms with van der Waals surface area (Å²) in [5.41, 5.74) is 1.05. The molecule has 23 heavy (non-hydrogen) atoms. The summed E-state index contributed by atoms with van der Waals surface area (Å²) in [6.07, 6.45) is 6.80. The van der Waals surface area contributed by atoms with Crippen LogP contribution in [0.15, 0.2) is 41.8 Å². The van der Waals surface area contributed by atoms with Crippen LogP contribution >= 0.6 is 24.0 Å². The standard InChI is InChI=1S/C18H25N3S2/c1-3-13-12-21-8-7-14(13)9-16(21)11-19-18(22)20-15-5-4-6-17(10-15)23-2/h3-6,10,13-14,16H,1,7-9,11-12H2,2H3,(H2,19,20,22)/t13-,14-,16+/m0/s1. The van der Waals surface area contributed by atoms with Gasteiger partial charge in [0.2, 0.25) is 0 Å². The third-order valence-corrected chi connectivity index (χ3v) is 6.03. The Bertz CT molecular complexity index is 575. The minimum atomic E-state index is 0.599. The fraction of sp³-hybridized carbons (Fsp3) is 0.500. The smallest absolute Gasteiger partial charge is 0.170 e. The van der Waals surface area contributed by atoms with Gasteiger partial charge in [-0.2, -0.15) is 0 Å². The van der Waals surface area contributed by atoms with Gasteiger partial charge in [-0.25, -0.2) is 0 Å². The number of fused-ring (bicyclic) bond motifs is 3. The van der Waals surface area contributed by atoms with Crippen LogP contribution in [0.25, 0.3) is 0 Å². The summed E-state index contributed by atoms with van der Waals surface area (Å²) < 4.78 is 0. The van der Waals surface area contributed by atoms with Gasteiger partial charge in [-0.3, -0.25) is 4.90 Å². The molecular formula is C18H25N3S2. The maximum atomic E-state index is 5.45. The van der Waals surface area contributed by atoms with Crippen LogP contribution in [-0.4, -0.2) is 41.9 Å². The van der Waals surface area contributed by atoms with E-state index < -0.39 is 0 Å². The Morgan fingerprint density at radius 3 is 3.09 bits per heavy atom. The maximum absolute atomic E-state index is 5.45. The number of rotatable bonds is 5. The lowest BCUT2D eigenvalue weighted by Crippen LogP contribution is -2.56. The van der Waals surface area contributed by atoms with Crippen LogP contribution in [0.5, 0.6) is 0 Å². The first-order chi connectivity index (χ1) is 11.2. The van der Waals surface area contributed by atoms with Gasteiger partial charge >= 0.3 is 0 Å².